The lowest BCUT2D eigenvalue weighted by atomic mass is 10.0. The van der Waals surface area contributed by atoms with E-state index in [0.29, 0.717) is 41.1 Å². The highest BCUT2D eigenvalue weighted by atomic mass is 32.2. The molecule has 1 saturated heterocycles. The van der Waals surface area contributed by atoms with Gasteiger partial charge in [-0.05, 0) is 74.4 Å². The van der Waals surface area contributed by atoms with Crippen molar-refractivity contribution in [1.29, 1.82) is 0 Å². The van der Waals surface area contributed by atoms with E-state index in [4.69, 9.17) is 14.2 Å². The van der Waals surface area contributed by atoms with E-state index < -0.39 is 6.04 Å². The van der Waals surface area contributed by atoms with Crippen molar-refractivity contribution in [2.75, 3.05) is 56.5 Å². The number of thioether (sulfide) groups is 1. The second-order valence-corrected chi connectivity index (χ2v) is 12.3. The third-order valence-electron chi connectivity index (χ3n) is 7.87. The molecule has 3 aromatic carbocycles. The summed E-state index contributed by atoms with van der Waals surface area (Å²) in [6.45, 7) is 9.01. The number of methoxy groups -OCH3 is 2. The van der Waals surface area contributed by atoms with Crippen LogP contribution in [0.1, 0.15) is 34.1 Å². The Morgan fingerprint density at radius 1 is 0.894 bits per heavy atom. The number of hydrogen-bond donors (Lipinski definition) is 1. The molecule has 1 unspecified atom stereocenters. The minimum Gasteiger partial charge on any atom is -0.493 e. The number of carbonyl (C=O) groups is 2. The predicted octanol–water partition coefficient (Wildman–Crippen LogP) is 5.76. The lowest BCUT2D eigenvalue weighted by Gasteiger charge is -2.32. The highest BCUT2D eigenvalue weighted by molar-refractivity contribution is 7.99. The fourth-order valence-electron chi connectivity index (χ4n) is 5.46. The van der Waals surface area contributed by atoms with E-state index in [-0.39, 0.29) is 24.1 Å². The number of morpholine rings is 1. The largest absolute Gasteiger partial charge is 0.493 e. The van der Waals surface area contributed by atoms with E-state index in [1.165, 1.54) is 11.8 Å². The number of aryl methyl sites for hydroxylation is 3. The zero-order valence-corrected chi connectivity index (χ0v) is 28.3. The number of benzene rings is 3. The van der Waals surface area contributed by atoms with Gasteiger partial charge in [0.1, 0.15) is 6.04 Å². The number of anilines is 2. The van der Waals surface area contributed by atoms with Crippen LogP contribution in [-0.2, 0) is 20.9 Å². The molecule has 1 atom stereocenters. The summed E-state index contributed by atoms with van der Waals surface area (Å²) in [6, 6.07) is 21.9. The first-order valence-corrected chi connectivity index (χ1v) is 16.5. The number of nitrogens with zero attached hydrogens (tertiary/aromatic N) is 4. The smallest absolute Gasteiger partial charge is 0.251 e. The first kappa shape index (κ1) is 33.7. The van der Waals surface area contributed by atoms with E-state index >= 15 is 0 Å². The molecule has 0 aliphatic carbocycles. The normalized spacial score (nSPS) is 13.5. The minimum atomic E-state index is -0.997. The molecule has 0 bridgehead atoms. The highest BCUT2D eigenvalue weighted by Gasteiger charge is 2.33. The van der Waals surface area contributed by atoms with Crippen molar-refractivity contribution in [1.82, 2.24) is 14.9 Å². The number of carbonyl (C=O) groups excluding carboxylic acids is 2. The summed E-state index contributed by atoms with van der Waals surface area (Å²) in [4.78, 5) is 41.5. The summed E-state index contributed by atoms with van der Waals surface area (Å²) in [5.74, 6) is 0.423. The third kappa shape index (κ3) is 8.81. The molecule has 0 radical (unpaired) electrons. The average molecular weight is 656 g/mol. The van der Waals surface area contributed by atoms with Gasteiger partial charge in [0, 0.05) is 42.4 Å². The SMILES string of the molecule is COc1ccc(C(C(=O)Nc2ccc(N3CCOCC3)cc2)N(Cc2ccc(C)cc2)C(=O)CSc2nc(C)cc(C)n2)cc1OC. The summed E-state index contributed by atoms with van der Waals surface area (Å²) < 4.78 is 16.6. The Morgan fingerprint density at radius 3 is 2.19 bits per heavy atom. The lowest BCUT2D eigenvalue weighted by molar-refractivity contribution is -0.137. The maximum atomic E-state index is 14.4. The second kappa shape index (κ2) is 15.8. The third-order valence-corrected chi connectivity index (χ3v) is 8.71. The number of aromatic nitrogens is 2. The molecular weight excluding hydrogens is 614 g/mol. The van der Waals surface area contributed by atoms with Gasteiger partial charge >= 0.3 is 0 Å². The van der Waals surface area contributed by atoms with Crippen LogP contribution in [0.4, 0.5) is 11.4 Å². The molecule has 0 spiro atoms. The van der Waals surface area contributed by atoms with Crippen molar-refractivity contribution < 1.29 is 23.8 Å². The molecule has 1 aromatic heterocycles. The van der Waals surface area contributed by atoms with E-state index in [1.54, 1.807) is 37.3 Å². The lowest BCUT2D eigenvalue weighted by Crippen LogP contribution is -2.42. The zero-order valence-electron chi connectivity index (χ0n) is 27.5. The second-order valence-electron chi connectivity index (χ2n) is 11.4. The Labute approximate surface area is 280 Å². The highest BCUT2D eigenvalue weighted by Crippen LogP contribution is 2.34. The van der Waals surface area contributed by atoms with Crippen LogP contribution in [0, 0.1) is 20.8 Å². The molecule has 1 aliphatic heterocycles. The number of rotatable bonds is 12. The number of amides is 2. The Bertz CT molecular complexity index is 1660. The summed E-state index contributed by atoms with van der Waals surface area (Å²) >= 11 is 1.25. The molecule has 2 heterocycles. The Hall–Kier alpha value is -4.61. The van der Waals surface area contributed by atoms with Crippen LogP contribution in [0.2, 0.25) is 0 Å². The van der Waals surface area contributed by atoms with Gasteiger partial charge in [-0.3, -0.25) is 9.59 Å². The van der Waals surface area contributed by atoms with Gasteiger partial charge in [0.25, 0.3) is 5.91 Å². The minimum absolute atomic E-state index is 0.0417. The van der Waals surface area contributed by atoms with Crippen LogP contribution in [0.25, 0.3) is 0 Å². The summed E-state index contributed by atoms with van der Waals surface area (Å²) in [6.07, 6.45) is 0. The Balaban J connectivity index is 1.49. The number of nitrogens with one attached hydrogen (secondary N) is 1. The Kier molecular flexibility index (Phi) is 11.3. The van der Waals surface area contributed by atoms with Crippen LogP contribution in [0.3, 0.4) is 0 Å². The van der Waals surface area contributed by atoms with Gasteiger partial charge in [-0.15, -0.1) is 0 Å². The molecule has 1 N–H and O–H groups in total. The molecular formula is C36H41N5O5S. The van der Waals surface area contributed by atoms with Crippen molar-refractivity contribution in [2.24, 2.45) is 0 Å². The number of hydrogen-bond acceptors (Lipinski definition) is 9. The van der Waals surface area contributed by atoms with E-state index in [2.05, 4.69) is 20.2 Å². The van der Waals surface area contributed by atoms with Crippen LogP contribution in [0.5, 0.6) is 11.5 Å². The van der Waals surface area contributed by atoms with Crippen LogP contribution in [0.15, 0.2) is 78.0 Å². The zero-order chi connectivity index (χ0) is 33.3. The van der Waals surface area contributed by atoms with Crippen molar-refractivity contribution in [3.8, 4) is 11.5 Å². The topological polar surface area (TPSA) is 106 Å². The van der Waals surface area contributed by atoms with Gasteiger partial charge in [0.15, 0.2) is 16.7 Å². The molecule has 2 amide bonds. The maximum Gasteiger partial charge on any atom is 0.251 e. The molecule has 0 saturated carbocycles. The molecule has 1 aliphatic rings. The van der Waals surface area contributed by atoms with Crippen molar-refractivity contribution >= 4 is 35.0 Å². The van der Waals surface area contributed by atoms with Crippen molar-refractivity contribution in [2.45, 2.75) is 38.5 Å². The standard InChI is InChI=1S/C36H41N5O5S/c1-24-6-8-27(9-7-24)22-41(33(42)23-47-36-37-25(2)20-26(3)38-36)34(28-10-15-31(44-4)32(21-28)45-5)35(43)39-29-11-13-30(14-12-29)40-16-18-46-19-17-40/h6-15,20-21,34H,16-19,22-23H2,1-5H3,(H,39,43). The van der Waals surface area contributed by atoms with Gasteiger partial charge < -0.3 is 29.3 Å². The first-order valence-electron chi connectivity index (χ1n) is 15.5. The maximum absolute atomic E-state index is 14.4. The fourth-order valence-corrected chi connectivity index (χ4v) is 6.30. The van der Waals surface area contributed by atoms with E-state index in [1.807, 2.05) is 75.4 Å². The molecule has 4 aromatic rings. The Morgan fingerprint density at radius 2 is 1.55 bits per heavy atom. The molecule has 5 rings (SSSR count). The van der Waals surface area contributed by atoms with Gasteiger partial charge in [-0.25, -0.2) is 9.97 Å². The van der Waals surface area contributed by atoms with Crippen LogP contribution in [-0.4, -0.2) is 73.0 Å². The number of ether oxygens (including phenoxy) is 3. The monoisotopic (exact) mass is 655 g/mol. The van der Waals surface area contributed by atoms with E-state index in [9.17, 15) is 9.59 Å². The van der Waals surface area contributed by atoms with Gasteiger partial charge in [0.05, 0.1) is 33.2 Å². The molecule has 47 heavy (non-hydrogen) atoms. The summed E-state index contributed by atoms with van der Waals surface area (Å²) in [5.41, 5.74) is 5.91. The van der Waals surface area contributed by atoms with Gasteiger partial charge in [-0.1, -0.05) is 47.7 Å². The van der Waals surface area contributed by atoms with Crippen LogP contribution >= 0.6 is 11.8 Å². The first-order chi connectivity index (χ1) is 22.7. The average Bonchev–Trinajstić information content (AvgIpc) is 3.08. The predicted molar refractivity (Wildman–Crippen MR) is 184 cm³/mol. The van der Waals surface area contributed by atoms with Gasteiger partial charge in [-0.2, -0.15) is 0 Å². The molecule has 246 valence electrons. The molecule has 11 heteroatoms. The van der Waals surface area contributed by atoms with Crippen molar-refractivity contribution in [3.05, 3.63) is 101 Å². The summed E-state index contributed by atoms with van der Waals surface area (Å²) in [5, 5.41) is 3.59. The molecule has 1 fully saturated rings. The fraction of sp³-hybridized carbons (Fsp3) is 0.333. The van der Waals surface area contributed by atoms with Crippen molar-refractivity contribution in [3.63, 3.8) is 0 Å². The van der Waals surface area contributed by atoms with E-state index in [0.717, 1.165) is 41.3 Å². The summed E-state index contributed by atoms with van der Waals surface area (Å²) in [7, 11) is 3.10. The van der Waals surface area contributed by atoms with Gasteiger partial charge in [0.2, 0.25) is 5.91 Å². The quantitative estimate of drug-likeness (QED) is 0.151. The van der Waals surface area contributed by atoms with Crippen LogP contribution < -0.4 is 19.7 Å². The molecule has 10 nitrogen and oxygen atoms in total.